The Balaban J connectivity index is 1.60. The summed E-state index contributed by atoms with van der Waals surface area (Å²) in [5.74, 6) is 1.53. The highest BCUT2D eigenvalue weighted by Crippen LogP contribution is 2.21. The summed E-state index contributed by atoms with van der Waals surface area (Å²) in [6, 6.07) is 13.1. The van der Waals surface area contributed by atoms with Crippen LogP contribution >= 0.6 is 0 Å². The number of ether oxygens (including phenoxy) is 3. The molecule has 3 rings (SSSR count). The molecule has 158 valence electrons. The van der Waals surface area contributed by atoms with Crippen molar-refractivity contribution in [2.24, 2.45) is 0 Å². The third-order valence-corrected chi connectivity index (χ3v) is 4.41. The molecule has 7 heteroatoms. The fraction of sp³-hybridized carbons (Fsp3) is 0.348. The molecule has 0 aliphatic heterocycles. The minimum absolute atomic E-state index is 0.284. The van der Waals surface area contributed by atoms with Gasteiger partial charge in [-0.2, -0.15) is 0 Å². The fourth-order valence-electron chi connectivity index (χ4n) is 2.89. The minimum Gasteiger partial charge on any atom is -0.487 e. The van der Waals surface area contributed by atoms with Crippen molar-refractivity contribution in [2.75, 3.05) is 13.2 Å². The summed E-state index contributed by atoms with van der Waals surface area (Å²) in [7, 11) is 0. The molecule has 0 amide bonds. The third-order valence-electron chi connectivity index (χ3n) is 4.41. The largest absolute Gasteiger partial charge is 0.487 e. The summed E-state index contributed by atoms with van der Waals surface area (Å²) in [5, 5.41) is 0. The molecule has 0 saturated heterocycles. The zero-order valence-corrected chi connectivity index (χ0v) is 17.5. The van der Waals surface area contributed by atoms with E-state index in [4.69, 9.17) is 18.6 Å². The van der Waals surface area contributed by atoms with E-state index in [9.17, 15) is 4.79 Å². The van der Waals surface area contributed by atoms with E-state index in [1.165, 1.54) is 0 Å². The number of rotatable bonds is 10. The van der Waals surface area contributed by atoms with Gasteiger partial charge in [-0.25, -0.2) is 9.78 Å². The van der Waals surface area contributed by atoms with Crippen LogP contribution in [0.25, 0.3) is 11.6 Å². The highest BCUT2D eigenvalue weighted by atomic mass is 16.6. The molecule has 0 bridgehead atoms. The lowest BCUT2D eigenvalue weighted by Crippen LogP contribution is -2.28. The lowest BCUT2D eigenvalue weighted by Gasteiger charge is -2.15. The van der Waals surface area contributed by atoms with Gasteiger partial charge < -0.3 is 18.6 Å². The third kappa shape index (κ3) is 5.67. The van der Waals surface area contributed by atoms with E-state index in [1.54, 1.807) is 13.1 Å². The van der Waals surface area contributed by atoms with Gasteiger partial charge in [0.1, 0.15) is 29.5 Å². The monoisotopic (exact) mass is 410 g/mol. The van der Waals surface area contributed by atoms with Crippen LogP contribution in [-0.4, -0.2) is 35.3 Å². The van der Waals surface area contributed by atoms with Gasteiger partial charge in [0.05, 0.1) is 6.61 Å². The molecular weight excluding hydrogens is 384 g/mol. The normalized spacial score (nSPS) is 11.8. The maximum atomic E-state index is 12.0. The van der Waals surface area contributed by atoms with Crippen LogP contribution in [0, 0.1) is 6.92 Å². The number of oxazole rings is 1. The van der Waals surface area contributed by atoms with Crippen LogP contribution in [0.5, 0.6) is 5.75 Å². The van der Waals surface area contributed by atoms with E-state index in [-0.39, 0.29) is 12.6 Å². The first-order valence-corrected chi connectivity index (χ1v) is 9.98. The van der Waals surface area contributed by atoms with E-state index in [0.717, 1.165) is 11.3 Å². The topological polar surface area (TPSA) is 83.7 Å². The minimum atomic E-state index is -0.607. The Morgan fingerprint density at radius 3 is 2.57 bits per heavy atom. The van der Waals surface area contributed by atoms with Crippen LogP contribution in [0.4, 0.5) is 0 Å². The number of nitrogens with zero attached hydrogens (tertiary/aromatic N) is 2. The highest BCUT2D eigenvalue weighted by molar-refractivity contribution is 5.75. The first-order chi connectivity index (χ1) is 14.6. The molecule has 0 aliphatic rings. The fourth-order valence-corrected chi connectivity index (χ4v) is 2.89. The number of aryl methyl sites for hydroxylation is 1. The molecule has 0 aliphatic carbocycles. The Hall–Kier alpha value is -3.19. The summed E-state index contributed by atoms with van der Waals surface area (Å²) in [5.41, 5.74) is 2.36. The van der Waals surface area contributed by atoms with E-state index in [1.807, 2.05) is 56.3 Å². The number of hydrogen-bond acceptors (Lipinski definition) is 7. The van der Waals surface area contributed by atoms with Crippen molar-refractivity contribution < 1.29 is 23.4 Å². The molecule has 2 heterocycles. The van der Waals surface area contributed by atoms with Crippen LogP contribution in [0.15, 0.2) is 53.1 Å². The average Bonchev–Trinajstić information content (AvgIpc) is 3.14. The highest BCUT2D eigenvalue weighted by Gasteiger charge is 2.20. The maximum absolute atomic E-state index is 12.0. The van der Waals surface area contributed by atoms with E-state index >= 15 is 0 Å². The Morgan fingerprint density at radius 2 is 1.90 bits per heavy atom. The lowest BCUT2D eigenvalue weighted by atomic mass is 10.1. The van der Waals surface area contributed by atoms with Crippen LogP contribution in [0.3, 0.4) is 0 Å². The van der Waals surface area contributed by atoms with Crippen LogP contribution < -0.4 is 4.74 Å². The molecule has 0 fully saturated rings. The number of aromatic nitrogens is 2. The molecule has 0 N–H and O–H groups in total. The van der Waals surface area contributed by atoms with Crippen LogP contribution in [0.1, 0.15) is 30.9 Å². The second-order valence-electron chi connectivity index (χ2n) is 6.57. The summed E-state index contributed by atoms with van der Waals surface area (Å²) in [4.78, 5) is 20.7. The summed E-state index contributed by atoms with van der Waals surface area (Å²) in [6.07, 6.45) is 1.54. The molecule has 0 unspecified atom stereocenters. The van der Waals surface area contributed by atoms with Crippen molar-refractivity contribution in [2.45, 2.75) is 39.9 Å². The summed E-state index contributed by atoms with van der Waals surface area (Å²) < 4.78 is 22.2. The molecule has 2 aromatic heterocycles. The lowest BCUT2D eigenvalue weighted by molar-refractivity contribution is -0.156. The molecule has 1 aromatic carbocycles. The molecule has 3 aromatic rings. The van der Waals surface area contributed by atoms with Crippen molar-refractivity contribution in [1.82, 2.24) is 9.97 Å². The Kier molecular flexibility index (Phi) is 7.57. The van der Waals surface area contributed by atoms with Gasteiger partial charge in [-0.3, -0.25) is 4.98 Å². The Morgan fingerprint density at radius 1 is 1.10 bits per heavy atom. The van der Waals surface area contributed by atoms with Crippen molar-refractivity contribution in [1.29, 1.82) is 0 Å². The molecule has 0 radical (unpaired) electrons. The van der Waals surface area contributed by atoms with Gasteiger partial charge in [0.15, 0.2) is 6.10 Å². The van der Waals surface area contributed by atoms with Crippen LogP contribution in [-0.2, 0) is 27.3 Å². The first kappa shape index (κ1) is 21.5. The van der Waals surface area contributed by atoms with E-state index in [0.29, 0.717) is 42.7 Å². The predicted molar refractivity (Wildman–Crippen MR) is 111 cm³/mol. The first-order valence-electron chi connectivity index (χ1n) is 9.98. The second kappa shape index (κ2) is 10.5. The summed E-state index contributed by atoms with van der Waals surface area (Å²) >= 11 is 0. The number of carbonyl (C=O) groups excluding carboxylic acids is 1. The molecule has 0 spiro atoms. The van der Waals surface area contributed by atoms with Crippen molar-refractivity contribution in [3.63, 3.8) is 0 Å². The van der Waals surface area contributed by atoms with E-state index < -0.39 is 6.10 Å². The number of pyridine rings is 1. The van der Waals surface area contributed by atoms with E-state index in [2.05, 4.69) is 9.97 Å². The van der Waals surface area contributed by atoms with Crippen molar-refractivity contribution >= 4 is 5.97 Å². The molecule has 30 heavy (non-hydrogen) atoms. The van der Waals surface area contributed by atoms with Crippen molar-refractivity contribution in [3.8, 4) is 17.3 Å². The zero-order chi connectivity index (χ0) is 21.3. The molecule has 1 atom stereocenters. The SMILES string of the molecule is CCOC(=O)[C@@H](Cc1ccc(OCc2nc(-c3ccccn3)oc2C)cc1)OCC. The number of esters is 1. The Bertz CT molecular complexity index is 938. The number of benzene rings is 1. The molecule has 7 nitrogen and oxygen atoms in total. The quantitative estimate of drug-likeness (QED) is 0.465. The van der Waals surface area contributed by atoms with Gasteiger partial charge in [0.25, 0.3) is 0 Å². The smallest absolute Gasteiger partial charge is 0.335 e. The van der Waals surface area contributed by atoms with Crippen LogP contribution in [0.2, 0.25) is 0 Å². The Labute approximate surface area is 176 Å². The summed E-state index contributed by atoms with van der Waals surface area (Å²) in [6.45, 7) is 6.55. The van der Waals surface area contributed by atoms with Gasteiger partial charge in [-0.1, -0.05) is 18.2 Å². The number of carbonyl (C=O) groups is 1. The predicted octanol–water partition coefficient (Wildman–Crippen LogP) is 4.13. The second-order valence-corrected chi connectivity index (χ2v) is 6.57. The van der Waals surface area contributed by atoms with Gasteiger partial charge >= 0.3 is 5.97 Å². The zero-order valence-electron chi connectivity index (χ0n) is 17.5. The van der Waals surface area contributed by atoms with Gasteiger partial charge in [0.2, 0.25) is 5.89 Å². The molecular formula is C23H26N2O5. The van der Waals surface area contributed by atoms with Gasteiger partial charge in [0, 0.05) is 19.2 Å². The number of hydrogen-bond donors (Lipinski definition) is 0. The van der Waals surface area contributed by atoms with Gasteiger partial charge in [-0.05, 0) is 50.6 Å². The standard InChI is InChI=1S/C23H26N2O5/c1-4-27-21(23(26)28-5-2)14-17-9-11-18(12-10-17)29-15-20-16(3)30-22(25-20)19-8-6-7-13-24-19/h6-13,21H,4-5,14-15H2,1-3H3/t21-/m1/s1. The van der Waals surface area contributed by atoms with Crippen molar-refractivity contribution in [3.05, 3.63) is 65.7 Å². The average molecular weight is 410 g/mol. The molecule has 0 saturated carbocycles. The maximum Gasteiger partial charge on any atom is 0.335 e. The van der Waals surface area contributed by atoms with Gasteiger partial charge in [-0.15, -0.1) is 0 Å².